The molecule has 0 spiro atoms. The van der Waals surface area contributed by atoms with Gasteiger partial charge in [-0.25, -0.2) is 4.79 Å². The summed E-state index contributed by atoms with van der Waals surface area (Å²) in [4.78, 5) is 26.1. The zero-order chi connectivity index (χ0) is 14.5. The van der Waals surface area contributed by atoms with Gasteiger partial charge in [0.1, 0.15) is 17.7 Å². The van der Waals surface area contributed by atoms with Crippen LogP contribution in [-0.2, 0) is 4.84 Å². The van der Waals surface area contributed by atoms with E-state index in [2.05, 4.69) is 9.99 Å². The van der Waals surface area contributed by atoms with Crippen molar-refractivity contribution in [2.45, 2.75) is 6.92 Å². The fourth-order valence-corrected chi connectivity index (χ4v) is 1.42. The Morgan fingerprint density at radius 2 is 2.00 bits per heavy atom. The van der Waals surface area contributed by atoms with Crippen molar-refractivity contribution >= 4 is 17.9 Å². The first-order valence-electron chi connectivity index (χ1n) is 5.62. The van der Waals surface area contributed by atoms with Crippen LogP contribution in [0.2, 0.25) is 0 Å². The summed E-state index contributed by atoms with van der Waals surface area (Å²) in [5.74, 6) is 0.464. The van der Waals surface area contributed by atoms with Crippen LogP contribution in [0.1, 0.15) is 21.9 Å². The summed E-state index contributed by atoms with van der Waals surface area (Å²) < 4.78 is 5.20. The minimum absolute atomic E-state index is 0.101. The van der Waals surface area contributed by atoms with E-state index in [1.807, 2.05) is 0 Å². The summed E-state index contributed by atoms with van der Waals surface area (Å²) in [6.45, 7) is 1.78. The highest BCUT2D eigenvalue weighted by Crippen LogP contribution is 2.12. The van der Waals surface area contributed by atoms with Crippen LogP contribution in [0.25, 0.3) is 0 Å². The Hall–Kier alpha value is -2.96. The van der Waals surface area contributed by atoms with Gasteiger partial charge in [-0.3, -0.25) is 10.1 Å². The van der Waals surface area contributed by atoms with Crippen molar-refractivity contribution in [1.82, 2.24) is 0 Å². The fraction of sp³-hybridized carbons (Fsp3) is 0.0769. The highest BCUT2D eigenvalue weighted by Gasteiger charge is 2.10. The van der Waals surface area contributed by atoms with Crippen molar-refractivity contribution in [1.29, 1.82) is 0 Å². The Morgan fingerprint density at radius 1 is 1.30 bits per heavy atom. The number of nitrogens with zero attached hydrogens (tertiary/aromatic N) is 2. The maximum absolute atomic E-state index is 11.6. The molecule has 0 radical (unpaired) electrons. The molecule has 0 amide bonds. The van der Waals surface area contributed by atoms with Gasteiger partial charge in [0.05, 0.1) is 10.5 Å². The highest BCUT2D eigenvalue weighted by molar-refractivity contribution is 5.90. The quantitative estimate of drug-likeness (QED) is 0.369. The second-order valence-electron chi connectivity index (χ2n) is 3.87. The SMILES string of the molecule is Cc1ccc(/C=N\OC(=O)c2ccc([N+](=O)[O-])cc2)o1. The van der Waals surface area contributed by atoms with E-state index in [1.54, 1.807) is 19.1 Å². The number of non-ortho nitro benzene ring substituents is 1. The molecule has 0 aliphatic rings. The molecule has 7 heteroatoms. The van der Waals surface area contributed by atoms with Gasteiger partial charge in [-0.05, 0) is 31.2 Å². The molecule has 1 aromatic heterocycles. The van der Waals surface area contributed by atoms with Crippen LogP contribution in [0, 0.1) is 17.0 Å². The molecule has 0 atom stereocenters. The van der Waals surface area contributed by atoms with Gasteiger partial charge < -0.3 is 9.25 Å². The molecule has 0 aliphatic heterocycles. The largest absolute Gasteiger partial charge is 0.460 e. The highest BCUT2D eigenvalue weighted by atomic mass is 16.7. The van der Waals surface area contributed by atoms with Gasteiger partial charge >= 0.3 is 5.97 Å². The van der Waals surface area contributed by atoms with Crippen LogP contribution in [0.15, 0.2) is 46.0 Å². The van der Waals surface area contributed by atoms with Gasteiger partial charge in [0, 0.05) is 12.1 Å². The summed E-state index contributed by atoms with van der Waals surface area (Å²) in [5, 5.41) is 14.0. The lowest BCUT2D eigenvalue weighted by atomic mass is 10.2. The topological polar surface area (TPSA) is 94.9 Å². The summed E-state index contributed by atoms with van der Waals surface area (Å²) in [5.41, 5.74) is 0.0690. The van der Waals surface area contributed by atoms with Crippen LogP contribution < -0.4 is 0 Å². The van der Waals surface area contributed by atoms with Crippen molar-refractivity contribution < 1.29 is 19.0 Å². The van der Waals surface area contributed by atoms with E-state index >= 15 is 0 Å². The Morgan fingerprint density at radius 3 is 2.55 bits per heavy atom. The molecule has 20 heavy (non-hydrogen) atoms. The van der Waals surface area contributed by atoms with Crippen molar-refractivity contribution in [3.05, 3.63) is 63.6 Å². The average molecular weight is 274 g/mol. The predicted octanol–water partition coefficient (Wildman–Crippen LogP) is 2.69. The number of nitro benzene ring substituents is 1. The normalized spacial score (nSPS) is 10.7. The number of rotatable bonds is 4. The summed E-state index contributed by atoms with van der Waals surface area (Å²) >= 11 is 0. The van der Waals surface area contributed by atoms with Crippen LogP contribution in [0.5, 0.6) is 0 Å². The molecule has 102 valence electrons. The second kappa shape index (κ2) is 5.79. The van der Waals surface area contributed by atoms with Crippen molar-refractivity contribution in [3.63, 3.8) is 0 Å². The molecule has 2 aromatic rings. The van der Waals surface area contributed by atoms with Gasteiger partial charge in [0.15, 0.2) is 0 Å². The van der Waals surface area contributed by atoms with E-state index in [0.717, 1.165) is 0 Å². The Kier molecular flexibility index (Phi) is 3.90. The smallest absolute Gasteiger partial charge is 0.365 e. The van der Waals surface area contributed by atoms with E-state index in [0.29, 0.717) is 11.5 Å². The molecular weight excluding hydrogens is 264 g/mol. The van der Waals surface area contributed by atoms with E-state index in [9.17, 15) is 14.9 Å². The molecule has 0 N–H and O–H groups in total. The van der Waals surface area contributed by atoms with Crippen LogP contribution in [-0.4, -0.2) is 17.1 Å². The number of oxime groups is 1. The third-order valence-corrected chi connectivity index (χ3v) is 2.39. The lowest BCUT2D eigenvalue weighted by Crippen LogP contribution is -2.01. The van der Waals surface area contributed by atoms with Gasteiger partial charge in [0.25, 0.3) is 5.69 Å². The van der Waals surface area contributed by atoms with Crippen molar-refractivity contribution in [2.75, 3.05) is 0 Å². The molecule has 7 nitrogen and oxygen atoms in total. The average Bonchev–Trinajstić information content (AvgIpc) is 2.84. The number of nitro groups is 1. The molecular formula is C13H10N2O5. The standard InChI is InChI=1S/C13H10N2O5/c1-9-2-7-12(19-9)8-14-20-13(16)10-3-5-11(6-4-10)15(17)18/h2-8H,1H3/b14-8-. The van der Waals surface area contributed by atoms with E-state index < -0.39 is 10.9 Å². The molecule has 1 aromatic carbocycles. The minimum Gasteiger partial charge on any atom is -0.460 e. The maximum Gasteiger partial charge on any atom is 0.365 e. The number of aryl methyl sites for hydroxylation is 1. The number of hydrogen-bond donors (Lipinski definition) is 0. The van der Waals surface area contributed by atoms with Crippen LogP contribution in [0.3, 0.4) is 0 Å². The van der Waals surface area contributed by atoms with Gasteiger partial charge in [0.2, 0.25) is 0 Å². The third kappa shape index (κ3) is 3.29. The molecule has 1 heterocycles. The predicted molar refractivity (Wildman–Crippen MR) is 69.6 cm³/mol. The third-order valence-electron chi connectivity index (χ3n) is 2.39. The first kappa shape index (κ1) is 13.5. The fourth-order valence-electron chi connectivity index (χ4n) is 1.42. The molecule has 0 aliphatic carbocycles. The summed E-state index contributed by atoms with van der Waals surface area (Å²) in [6, 6.07) is 8.46. The van der Waals surface area contributed by atoms with Gasteiger partial charge in [-0.1, -0.05) is 5.16 Å². The van der Waals surface area contributed by atoms with E-state index in [-0.39, 0.29) is 11.3 Å². The molecule has 0 saturated heterocycles. The van der Waals surface area contributed by atoms with Crippen LogP contribution in [0.4, 0.5) is 5.69 Å². The Balaban J connectivity index is 1.98. The first-order chi connectivity index (χ1) is 9.56. The Bertz CT molecular complexity index is 658. The Labute approximate surface area is 113 Å². The minimum atomic E-state index is -0.709. The van der Waals surface area contributed by atoms with E-state index in [1.165, 1.54) is 30.5 Å². The first-order valence-corrected chi connectivity index (χ1v) is 5.62. The number of benzene rings is 1. The lowest BCUT2D eigenvalue weighted by molar-refractivity contribution is -0.384. The maximum atomic E-state index is 11.6. The number of furan rings is 1. The molecule has 0 bridgehead atoms. The molecule has 0 saturated carbocycles. The van der Waals surface area contributed by atoms with Gasteiger partial charge in [-0.2, -0.15) is 0 Å². The van der Waals surface area contributed by atoms with Crippen LogP contribution >= 0.6 is 0 Å². The monoisotopic (exact) mass is 274 g/mol. The second-order valence-corrected chi connectivity index (χ2v) is 3.87. The summed E-state index contributed by atoms with van der Waals surface area (Å²) in [6.07, 6.45) is 1.26. The van der Waals surface area contributed by atoms with Gasteiger partial charge in [-0.15, -0.1) is 0 Å². The zero-order valence-corrected chi connectivity index (χ0v) is 10.5. The zero-order valence-electron chi connectivity index (χ0n) is 10.5. The molecule has 2 rings (SSSR count). The van der Waals surface area contributed by atoms with Crippen molar-refractivity contribution in [3.8, 4) is 0 Å². The summed E-state index contributed by atoms with van der Waals surface area (Å²) in [7, 11) is 0. The number of hydrogen-bond acceptors (Lipinski definition) is 6. The number of carbonyl (C=O) groups is 1. The van der Waals surface area contributed by atoms with E-state index in [4.69, 9.17) is 4.42 Å². The molecule has 0 fully saturated rings. The molecule has 0 unspecified atom stereocenters. The lowest BCUT2D eigenvalue weighted by Gasteiger charge is -1.97. The van der Waals surface area contributed by atoms with Crippen molar-refractivity contribution in [2.24, 2.45) is 5.16 Å². The number of carbonyl (C=O) groups excluding carboxylic acids is 1.